The summed E-state index contributed by atoms with van der Waals surface area (Å²) in [5.41, 5.74) is 4.83. The number of alkyl halides is 3. The quantitative estimate of drug-likeness (QED) is 0.905. The van der Waals surface area contributed by atoms with E-state index in [-0.39, 0.29) is 12.2 Å². The summed E-state index contributed by atoms with van der Waals surface area (Å²) in [4.78, 5) is 14.5. The molecule has 0 radical (unpaired) electrons. The summed E-state index contributed by atoms with van der Waals surface area (Å²) < 4.78 is 38.7. The molecule has 0 fully saturated rings. The molecule has 19 heavy (non-hydrogen) atoms. The van der Waals surface area contributed by atoms with Crippen LogP contribution in [0.5, 0.6) is 0 Å². The van der Waals surface area contributed by atoms with Gasteiger partial charge >= 0.3 is 6.18 Å². The first-order chi connectivity index (χ1) is 8.86. The van der Waals surface area contributed by atoms with Crippen LogP contribution in [0, 0.1) is 0 Å². The summed E-state index contributed by atoms with van der Waals surface area (Å²) >= 11 is 0. The molecule has 1 aromatic heterocycles. The molecule has 0 bridgehead atoms. The van der Waals surface area contributed by atoms with E-state index in [2.05, 4.69) is 4.98 Å². The van der Waals surface area contributed by atoms with Crippen molar-refractivity contribution >= 4 is 5.69 Å². The number of nitrogen functional groups attached to an aromatic ring is 1. The molecule has 100 valence electrons. The fourth-order valence-electron chi connectivity index (χ4n) is 1.56. The molecule has 0 amide bonds. The zero-order valence-electron chi connectivity index (χ0n) is 9.69. The first-order valence-electron chi connectivity index (χ1n) is 5.34. The minimum atomic E-state index is -4.35. The first kappa shape index (κ1) is 13.1. The normalized spacial score (nSPS) is 11.5. The van der Waals surface area contributed by atoms with E-state index in [0.29, 0.717) is 5.56 Å². The van der Waals surface area contributed by atoms with Crippen molar-refractivity contribution < 1.29 is 13.2 Å². The summed E-state index contributed by atoms with van der Waals surface area (Å²) in [7, 11) is 0. The average Bonchev–Trinajstić information content (AvgIpc) is 2.33. The van der Waals surface area contributed by atoms with Gasteiger partial charge < -0.3 is 10.3 Å². The van der Waals surface area contributed by atoms with Crippen LogP contribution in [0.4, 0.5) is 18.9 Å². The van der Waals surface area contributed by atoms with Crippen LogP contribution >= 0.6 is 0 Å². The molecule has 2 aromatic rings. The van der Waals surface area contributed by atoms with Gasteiger partial charge in [-0.2, -0.15) is 18.2 Å². The SMILES string of the molecule is Nc1cn(Cc2ccc(C(F)(F)F)cc2)cnc1=O. The van der Waals surface area contributed by atoms with Crippen LogP contribution in [0.1, 0.15) is 11.1 Å². The van der Waals surface area contributed by atoms with Gasteiger partial charge in [0.1, 0.15) is 5.69 Å². The second-order valence-corrected chi connectivity index (χ2v) is 4.00. The predicted octanol–water partition coefficient (Wildman–Crippen LogP) is 1.89. The molecule has 0 spiro atoms. The van der Waals surface area contributed by atoms with Crippen LogP contribution in [0.25, 0.3) is 0 Å². The molecular formula is C12H10F3N3O. The second-order valence-electron chi connectivity index (χ2n) is 4.00. The van der Waals surface area contributed by atoms with Gasteiger partial charge in [0.2, 0.25) is 0 Å². The average molecular weight is 269 g/mol. The Kier molecular flexibility index (Phi) is 3.28. The zero-order chi connectivity index (χ0) is 14.0. The molecule has 2 rings (SSSR count). The van der Waals surface area contributed by atoms with E-state index in [0.717, 1.165) is 12.1 Å². The minimum Gasteiger partial charge on any atom is -0.393 e. The molecule has 2 N–H and O–H groups in total. The summed E-state index contributed by atoms with van der Waals surface area (Å²) in [5.74, 6) is 0. The van der Waals surface area contributed by atoms with E-state index in [1.807, 2.05) is 0 Å². The standard InChI is InChI=1S/C12H10F3N3O/c13-12(14,15)9-3-1-8(2-4-9)5-18-6-10(16)11(19)17-7-18/h1-4,6-7H,5,16H2. The molecule has 0 unspecified atom stereocenters. The van der Waals surface area contributed by atoms with Gasteiger partial charge in [-0.1, -0.05) is 12.1 Å². The summed E-state index contributed by atoms with van der Waals surface area (Å²) in [5, 5.41) is 0. The van der Waals surface area contributed by atoms with Crippen molar-refractivity contribution in [1.29, 1.82) is 0 Å². The van der Waals surface area contributed by atoms with E-state index in [9.17, 15) is 18.0 Å². The summed E-state index contributed by atoms with van der Waals surface area (Å²) in [6.45, 7) is 0.287. The van der Waals surface area contributed by atoms with Gasteiger partial charge in [-0.25, -0.2) is 0 Å². The van der Waals surface area contributed by atoms with Gasteiger partial charge in [0.25, 0.3) is 5.56 Å². The Balaban J connectivity index is 2.20. The molecule has 0 aliphatic heterocycles. The van der Waals surface area contributed by atoms with Crippen molar-refractivity contribution in [2.45, 2.75) is 12.7 Å². The number of hydrogen-bond acceptors (Lipinski definition) is 3. The molecule has 0 aliphatic carbocycles. The molecule has 4 nitrogen and oxygen atoms in total. The molecule has 0 saturated carbocycles. The third-order valence-electron chi connectivity index (χ3n) is 2.52. The lowest BCUT2D eigenvalue weighted by molar-refractivity contribution is -0.137. The Hall–Kier alpha value is -2.31. The maximum Gasteiger partial charge on any atom is 0.416 e. The highest BCUT2D eigenvalue weighted by atomic mass is 19.4. The van der Waals surface area contributed by atoms with Crippen LogP contribution < -0.4 is 11.3 Å². The number of halogens is 3. The van der Waals surface area contributed by atoms with E-state index in [1.165, 1.54) is 29.2 Å². The topological polar surface area (TPSA) is 60.9 Å². The van der Waals surface area contributed by atoms with Crippen LogP contribution in [-0.4, -0.2) is 9.55 Å². The van der Waals surface area contributed by atoms with Crippen LogP contribution in [0.3, 0.4) is 0 Å². The molecule has 1 aromatic carbocycles. The predicted molar refractivity (Wildman–Crippen MR) is 63.5 cm³/mol. The van der Waals surface area contributed by atoms with E-state index in [1.54, 1.807) is 0 Å². The Labute approximate surface area is 106 Å². The lowest BCUT2D eigenvalue weighted by Crippen LogP contribution is -2.15. The Morgan fingerprint density at radius 2 is 1.84 bits per heavy atom. The number of benzene rings is 1. The highest BCUT2D eigenvalue weighted by Crippen LogP contribution is 2.29. The third-order valence-corrected chi connectivity index (χ3v) is 2.52. The molecular weight excluding hydrogens is 259 g/mol. The monoisotopic (exact) mass is 269 g/mol. The third kappa shape index (κ3) is 3.12. The van der Waals surface area contributed by atoms with Crippen molar-refractivity contribution in [3.05, 3.63) is 58.3 Å². The highest BCUT2D eigenvalue weighted by molar-refractivity contribution is 5.31. The van der Waals surface area contributed by atoms with Gasteiger partial charge in [0, 0.05) is 12.7 Å². The van der Waals surface area contributed by atoms with E-state index < -0.39 is 17.3 Å². The van der Waals surface area contributed by atoms with Crippen molar-refractivity contribution in [2.24, 2.45) is 0 Å². The maximum atomic E-state index is 12.4. The Morgan fingerprint density at radius 1 is 1.21 bits per heavy atom. The fourth-order valence-corrected chi connectivity index (χ4v) is 1.56. The van der Waals surface area contributed by atoms with Gasteiger partial charge in [0.15, 0.2) is 0 Å². The van der Waals surface area contributed by atoms with E-state index >= 15 is 0 Å². The van der Waals surface area contributed by atoms with Gasteiger partial charge in [0.05, 0.1) is 11.9 Å². The number of nitrogens with two attached hydrogens (primary N) is 1. The maximum absolute atomic E-state index is 12.4. The van der Waals surface area contributed by atoms with Crippen molar-refractivity contribution in [1.82, 2.24) is 9.55 Å². The van der Waals surface area contributed by atoms with Gasteiger partial charge in [-0.05, 0) is 17.7 Å². The molecule has 0 saturated heterocycles. The van der Waals surface area contributed by atoms with Gasteiger partial charge in [-0.3, -0.25) is 4.79 Å². The smallest absolute Gasteiger partial charge is 0.393 e. The number of aromatic nitrogens is 2. The first-order valence-corrected chi connectivity index (χ1v) is 5.34. The lowest BCUT2D eigenvalue weighted by Gasteiger charge is -2.09. The molecule has 1 heterocycles. The minimum absolute atomic E-state index is 0.00517. The van der Waals surface area contributed by atoms with Crippen molar-refractivity contribution in [3.63, 3.8) is 0 Å². The largest absolute Gasteiger partial charge is 0.416 e. The molecule has 0 atom stereocenters. The van der Waals surface area contributed by atoms with E-state index in [4.69, 9.17) is 5.73 Å². The Morgan fingerprint density at radius 3 is 2.37 bits per heavy atom. The fraction of sp³-hybridized carbons (Fsp3) is 0.167. The summed E-state index contributed by atoms with van der Waals surface area (Å²) in [6.07, 6.45) is -1.66. The number of hydrogen-bond donors (Lipinski definition) is 1. The van der Waals surface area contributed by atoms with Crippen molar-refractivity contribution in [2.75, 3.05) is 5.73 Å². The highest BCUT2D eigenvalue weighted by Gasteiger charge is 2.29. The van der Waals surface area contributed by atoms with Crippen LogP contribution in [-0.2, 0) is 12.7 Å². The number of nitrogens with zero attached hydrogens (tertiary/aromatic N) is 2. The van der Waals surface area contributed by atoms with Crippen LogP contribution in [0.15, 0.2) is 41.6 Å². The van der Waals surface area contributed by atoms with Crippen molar-refractivity contribution in [3.8, 4) is 0 Å². The number of anilines is 1. The van der Waals surface area contributed by atoms with Gasteiger partial charge in [-0.15, -0.1) is 0 Å². The lowest BCUT2D eigenvalue weighted by atomic mass is 10.1. The molecule has 0 aliphatic rings. The zero-order valence-corrected chi connectivity index (χ0v) is 9.69. The number of rotatable bonds is 2. The summed E-state index contributed by atoms with van der Waals surface area (Å²) in [6, 6.07) is 4.76. The van der Waals surface area contributed by atoms with Crippen LogP contribution in [0.2, 0.25) is 0 Å². The molecule has 7 heteroatoms. The second kappa shape index (κ2) is 4.75. The Bertz CT molecular complexity index is 632.